The molecule has 2 N–H and O–H groups in total. The molecule has 0 bridgehead atoms. The molecule has 0 aliphatic rings. The van der Waals surface area contributed by atoms with Crippen LogP contribution in [0.4, 0.5) is 16.2 Å². The molecular formula is C14H19ClN2O3. The average Bonchev–Trinajstić information content (AvgIpc) is 2.41. The predicted octanol–water partition coefficient (Wildman–Crippen LogP) is 3.60. The summed E-state index contributed by atoms with van der Waals surface area (Å²) in [6, 6.07) is 6.85. The molecule has 0 aliphatic carbocycles. The van der Waals surface area contributed by atoms with Gasteiger partial charge in [0, 0.05) is 23.7 Å². The van der Waals surface area contributed by atoms with Gasteiger partial charge < -0.3 is 10.1 Å². The zero-order valence-electron chi connectivity index (χ0n) is 11.4. The van der Waals surface area contributed by atoms with Crippen LogP contribution < -0.4 is 10.6 Å². The molecule has 1 aromatic rings. The Morgan fingerprint density at radius 2 is 1.70 bits per heavy atom. The largest absolute Gasteiger partial charge is 0.450 e. The van der Waals surface area contributed by atoms with Gasteiger partial charge >= 0.3 is 6.09 Å². The van der Waals surface area contributed by atoms with E-state index in [1.54, 1.807) is 31.2 Å². The second-order valence-corrected chi connectivity index (χ2v) is 4.50. The van der Waals surface area contributed by atoms with Gasteiger partial charge in [-0.25, -0.2) is 4.79 Å². The highest BCUT2D eigenvalue weighted by molar-refractivity contribution is 6.17. The summed E-state index contributed by atoms with van der Waals surface area (Å²) in [5.41, 5.74) is 1.30. The van der Waals surface area contributed by atoms with E-state index in [1.165, 1.54) is 0 Å². The Kier molecular flexibility index (Phi) is 7.50. The molecule has 0 fully saturated rings. The third-order valence-electron chi connectivity index (χ3n) is 2.48. The van der Waals surface area contributed by atoms with Gasteiger partial charge in [0.1, 0.15) is 0 Å². The number of nitrogens with one attached hydrogen (secondary N) is 2. The van der Waals surface area contributed by atoms with E-state index < -0.39 is 6.09 Å². The van der Waals surface area contributed by atoms with Gasteiger partial charge in [0.25, 0.3) is 0 Å². The van der Waals surface area contributed by atoms with Crippen LogP contribution in [-0.4, -0.2) is 24.5 Å². The number of alkyl halides is 1. The minimum absolute atomic E-state index is 0.0405. The van der Waals surface area contributed by atoms with Gasteiger partial charge in [-0.05, 0) is 44.0 Å². The minimum atomic E-state index is -0.495. The Morgan fingerprint density at radius 1 is 1.10 bits per heavy atom. The van der Waals surface area contributed by atoms with E-state index in [9.17, 15) is 9.59 Å². The molecule has 0 saturated carbocycles. The summed E-state index contributed by atoms with van der Waals surface area (Å²) in [5, 5.41) is 5.36. The molecule has 0 aromatic heterocycles. The van der Waals surface area contributed by atoms with Gasteiger partial charge in [-0.3, -0.25) is 10.1 Å². The molecule has 110 valence electrons. The van der Waals surface area contributed by atoms with E-state index in [2.05, 4.69) is 10.6 Å². The zero-order chi connectivity index (χ0) is 14.8. The molecule has 0 atom stereocenters. The summed E-state index contributed by atoms with van der Waals surface area (Å²) in [6.45, 7) is 2.06. The predicted molar refractivity (Wildman–Crippen MR) is 80.3 cm³/mol. The number of hydrogen-bond acceptors (Lipinski definition) is 3. The van der Waals surface area contributed by atoms with Gasteiger partial charge in [-0.15, -0.1) is 11.6 Å². The van der Waals surface area contributed by atoms with E-state index in [-0.39, 0.29) is 5.91 Å². The van der Waals surface area contributed by atoms with Gasteiger partial charge in [0.15, 0.2) is 0 Å². The number of carbonyl (C=O) groups is 2. The molecule has 0 unspecified atom stereocenters. The first-order chi connectivity index (χ1) is 9.65. The van der Waals surface area contributed by atoms with Gasteiger partial charge in [0.2, 0.25) is 5.91 Å². The van der Waals surface area contributed by atoms with Crippen molar-refractivity contribution in [1.29, 1.82) is 0 Å². The number of hydrogen-bond donors (Lipinski definition) is 2. The van der Waals surface area contributed by atoms with E-state index in [4.69, 9.17) is 16.3 Å². The van der Waals surface area contributed by atoms with Crippen molar-refractivity contribution < 1.29 is 14.3 Å². The maximum absolute atomic E-state index is 11.6. The Labute approximate surface area is 123 Å². The van der Waals surface area contributed by atoms with Crippen molar-refractivity contribution in [2.45, 2.75) is 26.2 Å². The van der Waals surface area contributed by atoms with E-state index in [0.717, 1.165) is 12.8 Å². The van der Waals surface area contributed by atoms with Crippen LogP contribution in [0.1, 0.15) is 26.2 Å². The van der Waals surface area contributed by atoms with E-state index in [1.807, 2.05) is 0 Å². The maximum Gasteiger partial charge on any atom is 0.411 e. The second kappa shape index (κ2) is 9.20. The zero-order valence-corrected chi connectivity index (χ0v) is 12.2. The number of carbonyl (C=O) groups excluding carboxylic acids is 2. The number of amides is 2. The summed E-state index contributed by atoms with van der Waals surface area (Å²) in [7, 11) is 0. The Morgan fingerprint density at radius 3 is 2.25 bits per heavy atom. The number of rotatable bonds is 7. The lowest BCUT2D eigenvalue weighted by molar-refractivity contribution is -0.116. The highest BCUT2D eigenvalue weighted by atomic mass is 35.5. The van der Waals surface area contributed by atoms with Crippen molar-refractivity contribution in [2.75, 3.05) is 23.1 Å². The maximum atomic E-state index is 11.6. The van der Waals surface area contributed by atoms with Crippen LogP contribution in [0.25, 0.3) is 0 Å². The monoisotopic (exact) mass is 298 g/mol. The SMILES string of the molecule is CCOC(=O)Nc1ccc(NC(=O)CCCCCl)cc1. The Hall–Kier alpha value is -1.75. The van der Waals surface area contributed by atoms with Crippen molar-refractivity contribution in [3.63, 3.8) is 0 Å². The van der Waals surface area contributed by atoms with Crippen LogP contribution in [-0.2, 0) is 9.53 Å². The van der Waals surface area contributed by atoms with E-state index >= 15 is 0 Å². The van der Waals surface area contributed by atoms with Gasteiger partial charge in [-0.2, -0.15) is 0 Å². The Balaban J connectivity index is 2.42. The smallest absolute Gasteiger partial charge is 0.411 e. The molecule has 0 radical (unpaired) electrons. The average molecular weight is 299 g/mol. The molecule has 1 aromatic carbocycles. The third kappa shape index (κ3) is 6.43. The molecule has 0 heterocycles. The first-order valence-corrected chi connectivity index (χ1v) is 7.08. The lowest BCUT2D eigenvalue weighted by Crippen LogP contribution is -2.13. The van der Waals surface area contributed by atoms with Crippen LogP contribution in [0.2, 0.25) is 0 Å². The highest BCUT2D eigenvalue weighted by Crippen LogP contribution is 2.14. The first kappa shape index (κ1) is 16.3. The van der Waals surface area contributed by atoms with Crippen LogP contribution in [0.15, 0.2) is 24.3 Å². The first-order valence-electron chi connectivity index (χ1n) is 6.55. The summed E-state index contributed by atoms with van der Waals surface area (Å²) in [6.07, 6.45) is 1.57. The fourth-order valence-electron chi connectivity index (χ4n) is 1.53. The summed E-state index contributed by atoms with van der Waals surface area (Å²) < 4.78 is 4.76. The second-order valence-electron chi connectivity index (χ2n) is 4.12. The van der Waals surface area contributed by atoms with Crippen molar-refractivity contribution in [1.82, 2.24) is 0 Å². The van der Waals surface area contributed by atoms with Crippen LogP contribution in [0.5, 0.6) is 0 Å². The molecule has 5 nitrogen and oxygen atoms in total. The van der Waals surface area contributed by atoms with Crippen molar-refractivity contribution in [3.05, 3.63) is 24.3 Å². The summed E-state index contributed by atoms with van der Waals surface area (Å²) >= 11 is 5.55. The van der Waals surface area contributed by atoms with Crippen molar-refractivity contribution >= 4 is 35.0 Å². The molecule has 1 rings (SSSR count). The number of halogens is 1. The summed E-state index contributed by atoms with van der Waals surface area (Å²) in [4.78, 5) is 22.8. The molecular weight excluding hydrogens is 280 g/mol. The number of ether oxygens (including phenoxy) is 1. The topological polar surface area (TPSA) is 67.4 Å². The number of anilines is 2. The van der Waals surface area contributed by atoms with Crippen LogP contribution in [0.3, 0.4) is 0 Å². The number of unbranched alkanes of at least 4 members (excludes halogenated alkanes) is 1. The molecule has 0 saturated heterocycles. The lowest BCUT2D eigenvalue weighted by atomic mass is 10.2. The lowest BCUT2D eigenvalue weighted by Gasteiger charge is -2.07. The van der Waals surface area contributed by atoms with E-state index in [0.29, 0.717) is 30.3 Å². The molecule has 20 heavy (non-hydrogen) atoms. The summed E-state index contributed by atoms with van der Waals surface area (Å²) in [5.74, 6) is 0.530. The molecule has 2 amide bonds. The number of benzene rings is 1. The fourth-order valence-corrected chi connectivity index (χ4v) is 1.71. The highest BCUT2D eigenvalue weighted by Gasteiger charge is 2.04. The van der Waals surface area contributed by atoms with Gasteiger partial charge in [0.05, 0.1) is 6.61 Å². The van der Waals surface area contributed by atoms with Crippen LogP contribution >= 0.6 is 11.6 Å². The van der Waals surface area contributed by atoms with Crippen molar-refractivity contribution in [3.8, 4) is 0 Å². The van der Waals surface area contributed by atoms with Crippen molar-refractivity contribution in [2.24, 2.45) is 0 Å². The minimum Gasteiger partial charge on any atom is -0.450 e. The normalized spacial score (nSPS) is 9.90. The quantitative estimate of drug-likeness (QED) is 0.597. The molecule has 6 heteroatoms. The molecule has 0 spiro atoms. The molecule has 0 aliphatic heterocycles. The third-order valence-corrected chi connectivity index (χ3v) is 2.75. The van der Waals surface area contributed by atoms with Crippen LogP contribution in [0, 0.1) is 0 Å². The standard InChI is InChI=1S/C14H19ClN2O3/c1-2-20-14(19)17-12-8-6-11(7-9-12)16-13(18)5-3-4-10-15/h6-9H,2-5,10H2,1H3,(H,16,18)(H,17,19). The van der Waals surface area contributed by atoms with Gasteiger partial charge in [-0.1, -0.05) is 0 Å². The Bertz CT molecular complexity index is 435. The fraction of sp³-hybridized carbons (Fsp3) is 0.429.